The Morgan fingerprint density at radius 3 is 2.44 bits per heavy atom. The van der Waals surface area contributed by atoms with Gasteiger partial charge in [-0.2, -0.15) is 0 Å². The standard InChI is InChI=1S/C10H7ClN2O2S/c11-7-3-1-6(2-4-7)9-5-8(12)10(16-9)13(14)15/h1-5H,12H2. The molecule has 2 rings (SSSR count). The van der Waals surface area contributed by atoms with E-state index in [2.05, 4.69) is 0 Å². The van der Waals surface area contributed by atoms with Crippen molar-refractivity contribution >= 4 is 33.6 Å². The third-order valence-electron chi connectivity index (χ3n) is 2.03. The predicted molar refractivity (Wildman–Crippen MR) is 65.8 cm³/mol. The lowest BCUT2D eigenvalue weighted by Gasteiger charge is -1.95. The van der Waals surface area contributed by atoms with Gasteiger partial charge in [-0.1, -0.05) is 35.1 Å². The van der Waals surface area contributed by atoms with Crippen molar-refractivity contribution < 1.29 is 4.92 Å². The molecule has 0 unspecified atom stereocenters. The summed E-state index contributed by atoms with van der Waals surface area (Å²) in [6.45, 7) is 0. The van der Waals surface area contributed by atoms with Gasteiger partial charge in [-0.05, 0) is 23.8 Å². The van der Waals surface area contributed by atoms with Gasteiger partial charge in [0.25, 0.3) is 0 Å². The van der Waals surface area contributed by atoms with E-state index in [1.807, 2.05) is 0 Å². The molecule has 0 atom stereocenters. The second-order valence-electron chi connectivity index (χ2n) is 3.14. The third kappa shape index (κ3) is 2.00. The predicted octanol–water partition coefficient (Wildman–Crippen LogP) is 3.56. The summed E-state index contributed by atoms with van der Waals surface area (Å²) in [5, 5.41) is 11.2. The summed E-state index contributed by atoms with van der Waals surface area (Å²) in [5.41, 5.74) is 6.62. The van der Waals surface area contributed by atoms with E-state index in [0.717, 1.165) is 21.8 Å². The van der Waals surface area contributed by atoms with Crippen molar-refractivity contribution in [3.8, 4) is 10.4 Å². The Morgan fingerprint density at radius 1 is 1.31 bits per heavy atom. The number of benzene rings is 1. The SMILES string of the molecule is Nc1cc(-c2ccc(Cl)cc2)sc1[N+](=O)[O-]. The highest BCUT2D eigenvalue weighted by atomic mass is 35.5. The van der Waals surface area contributed by atoms with Gasteiger partial charge in [-0.3, -0.25) is 10.1 Å². The first-order valence-corrected chi connectivity index (χ1v) is 5.57. The van der Waals surface area contributed by atoms with E-state index in [-0.39, 0.29) is 10.7 Å². The third-order valence-corrected chi connectivity index (χ3v) is 3.44. The number of anilines is 1. The second kappa shape index (κ2) is 4.11. The molecule has 0 aliphatic rings. The Morgan fingerprint density at radius 2 is 1.94 bits per heavy atom. The van der Waals surface area contributed by atoms with Crippen LogP contribution in [0.2, 0.25) is 5.02 Å². The van der Waals surface area contributed by atoms with Crippen LogP contribution in [0, 0.1) is 10.1 Å². The molecule has 2 aromatic rings. The van der Waals surface area contributed by atoms with Crippen LogP contribution < -0.4 is 5.73 Å². The lowest BCUT2D eigenvalue weighted by atomic mass is 10.2. The van der Waals surface area contributed by atoms with Gasteiger partial charge in [0, 0.05) is 9.90 Å². The molecule has 1 heterocycles. The Bertz CT molecular complexity index is 536. The van der Waals surface area contributed by atoms with Gasteiger partial charge in [-0.25, -0.2) is 0 Å². The van der Waals surface area contributed by atoms with Crippen molar-refractivity contribution in [2.24, 2.45) is 0 Å². The number of nitrogens with two attached hydrogens (primary N) is 1. The topological polar surface area (TPSA) is 69.2 Å². The molecule has 82 valence electrons. The maximum Gasteiger partial charge on any atom is 0.347 e. The molecule has 0 saturated carbocycles. The second-order valence-corrected chi connectivity index (χ2v) is 4.60. The first-order chi connectivity index (χ1) is 7.58. The molecule has 0 saturated heterocycles. The minimum Gasteiger partial charge on any atom is -0.392 e. The number of nitrogen functional groups attached to an aromatic ring is 1. The Kier molecular flexibility index (Phi) is 2.80. The van der Waals surface area contributed by atoms with Gasteiger partial charge in [0.05, 0.1) is 4.92 Å². The Balaban J connectivity index is 2.45. The van der Waals surface area contributed by atoms with Crippen LogP contribution in [-0.4, -0.2) is 4.92 Å². The average molecular weight is 255 g/mol. The molecule has 0 amide bonds. The molecule has 0 aliphatic heterocycles. The van der Waals surface area contributed by atoms with Gasteiger partial charge in [0.2, 0.25) is 0 Å². The highest BCUT2D eigenvalue weighted by molar-refractivity contribution is 7.19. The van der Waals surface area contributed by atoms with E-state index in [4.69, 9.17) is 17.3 Å². The fraction of sp³-hybridized carbons (Fsp3) is 0. The van der Waals surface area contributed by atoms with Crippen LogP contribution in [0.1, 0.15) is 0 Å². The molecule has 16 heavy (non-hydrogen) atoms. The Labute approximate surface area is 100 Å². The van der Waals surface area contributed by atoms with Crippen molar-refractivity contribution in [3.63, 3.8) is 0 Å². The summed E-state index contributed by atoms with van der Waals surface area (Å²) in [6, 6.07) is 8.68. The van der Waals surface area contributed by atoms with Crippen LogP contribution in [-0.2, 0) is 0 Å². The summed E-state index contributed by atoms with van der Waals surface area (Å²) in [4.78, 5) is 10.9. The first-order valence-electron chi connectivity index (χ1n) is 4.37. The fourth-order valence-corrected chi connectivity index (χ4v) is 2.32. The number of nitro groups is 1. The molecule has 0 spiro atoms. The zero-order valence-corrected chi connectivity index (χ0v) is 9.59. The van der Waals surface area contributed by atoms with Crippen LogP contribution in [0.3, 0.4) is 0 Å². The van der Waals surface area contributed by atoms with Gasteiger partial charge >= 0.3 is 5.00 Å². The van der Waals surface area contributed by atoms with Crippen LogP contribution in [0.25, 0.3) is 10.4 Å². The molecule has 0 radical (unpaired) electrons. The molecule has 6 heteroatoms. The number of halogens is 1. The minimum atomic E-state index is -0.473. The van der Waals surface area contributed by atoms with Crippen LogP contribution >= 0.6 is 22.9 Å². The number of hydrogen-bond acceptors (Lipinski definition) is 4. The average Bonchev–Trinajstić information content (AvgIpc) is 2.61. The van der Waals surface area contributed by atoms with Crippen molar-refractivity contribution in [3.05, 3.63) is 45.5 Å². The van der Waals surface area contributed by atoms with Crippen LogP contribution in [0.15, 0.2) is 30.3 Å². The molecule has 4 nitrogen and oxygen atoms in total. The quantitative estimate of drug-likeness (QED) is 0.658. The van der Waals surface area contributed by atoms with Gasteiger partial charge < -0.3 is 5.73 Å². The molecular formula is C10H7ClN2O2S. The summed E-state index contributed by atoms with van der Waals surface area (Å²) in [7, 11) is 0. The minimum absolute atomic E-state index is 0.0232. The van der Waals surface area contributed by atoms with E-state index >= 15 is 0 Å². The molecule has 2 N–H and O–H groups in total. The first kappa shape index (κ1) is 10.9. The van der Waals surface area contributed by atoms with Crippen molar-refractivity contribution in [2.75, 3.05) is 5.73 Å². The molecular weight excluding hydrogens is 248 g/mol. The van der Waals surface area contributed by atoms with Crippen molar-refractivity contribution in [1.29, 1.82) is 0 Å². The maximum absolute atomic E-state index is 10.6. The van der Waals surface area contributed by atoms with Gasteiger partial charge in [0.15, 0.2) is 0 Å². The number of hydrogen-bond donors (Lipinski definition) is 1. The molecule has 0 aliphatic carbocycles. The van der Waals surface area contributed by atoms with Gasteiger partial charge in [0.1, 0.15) is 5.69 Å². The van der Waals surface area contributed by atoms with E-state index in [0.29, 0.717) is 5.02 Å². The molecule has 0 fully saturated rings. The normalized spacial score (nSPS) is 10.3. The van der Waals surface area contributed by atoms with Crippen molar-refractivity contribution in [1.82, 2.24) is 0 Å². The van der Waals surface area contributed by atoms with E-state index < -0.39 is 4.92 Å². The van der Waals surface area contributed by atoms with E-state index in [9.17, 15) is 10.1 Å². The largest absolute Gasteiger partial charge is 0.392 e. The monoisotopic (exact) mass is 254 g/mol. The lowest BCUT2D eigenvalue weighted by Crippen LogP contribution is -1.89. The van der Waals surface area contributed by atoms with E-state index in [1.54, 1.807) is 30.3 Å². The number of rotatable bonds is 2. The summed E-state index contributed by atoms with van der Waals surface area (Å²) in [6.07, 6.45) is 0. The number of thiophene rings is 1. The lowest BCUT2D eigenvalue weighted by molar-refractivity contribution is -0.379. The highest BCUT2D eigenvalue weighted by Gasteiger charge is 2.17. The Hall–Kier alpha value is -1.59. The zero-order chi connectivity index (χ0) is 11.7. The van der Waals surface area contributed by atoms with Gasteiger partial charge in [-0.15, -0.1) is 0 Å². The summed E-state index contributed by atoms with van der Waals surface area (Å²) >= 11 is 6.82. The number of nitrogens with zero attached hydrogens (tertiary/aromatic N) is 1. The molecule has 0 bridgehead atoms. The molecule has 1 aromatic carbocycles. The zero-order valence-electron chi connectivity index (χ0n) is 8.01. The highest BCUT2D eigenvalue weighted by Crippen LogP contribution is 2.38. The summed E-state index contributed by atoms with van der Waals surface area (Å²) < 4.78 is 0. The molecule has 1 aromatic heterocycles. The van der Waals surface area contributed by atoms with Crippen LogP contribution in [0.4, 0.5) is 10.7 Å². The maximum atomic E-state index is 10.6. The fourth-order valence-electron chi connectivity index (χ4n) is 1.29. The van der Waals surface area contributed by atoms with E-state index in [1.165, 1.54) is 0 Å². The smallest absolute Gasteiger partial charge is 0.347 e. The van der Waals surface area contributed by atoms with Crippen LogP contribution in [0.5, 0.6) is 0 Å². The van der Waals surface area contributed by atoms with Crippen molar-refractivity contribution in [2.45, 2.75) is 0 Å². The summed E-state index contributed by atoms with van der Waals surface area (Å²) in [5.74, 6) is 0.